The Labute approximate surface area is 129 Å². The van der Waals surface area contributed by atoms with Gasteiger partial charge in [0.25, 0.3) is 5.91 Å². The number of carbonyl (C=O) groups is 1. The molecule has 2 aromatic rings. The largest absolute Gasteiger partial charge is 0.497 e. The van der Waals surface area contributed by atoms with E-state index >= 15 is 0 Å². The number of rotatable bonds is 4. The molecule has 0 saturated carbocycles. The van der Waals surface area contributed by atoms with E-state index in [1.165, 1.54) is 12.1 Å². The number of methoxy groups -OCH3 is 1. The van der Waals surface area contributed by atoms with Gasteiger partial charge in [0.15, 0.2) is 9.84 Å². The van der Waals surface area contributed by atoms with Crippen molar-refractivity contribution in [3.05, 3.63) is 53.6 Å². The summed E-state index contributed by atoms with van der Waals surface area (Å²) < 4.78 is 28.3. The number of carbonyl (C=O) groups excluding carboxylic acids is 1. The van der Waals surface area contributed by atoms with Crippen LogP contribution in [0.3, 0.4) is 0 Å². The van der Waals surface area contributed by atoms with E-state index in [0.29, 0.717) is 22.6 Å². The monoisotopic (exact) mass is 319 g/mol. The molecule has 2 aromatic carbocycles. The van der Waals surface area contributed by atoms with Crippen LogP contribution in [0.25, 0.3) is 0 Å². The SMILES string of the molecule is COc1cccc(NC(=O)c2cc(S(C)(=O)=O)ccc2C)c1. The first-order valence-corrected chi connectivity index (χ1v) is 8.46. The topological polar surface area (TPSA) is 72.5 Å². The molecule has 5 nitrogen and oxygen atoms in total. The summed E-state index contributed by atoms with van der Waals surface area (Å²) >= 11 is 0. The van der Waals surface area contributed by atoms with E-state index in [1.807, 2.05) is 0 Å². The molecule has 0 fully saturated rings. The van der Waals surface area contributed by atoms with Gasteiger partial charge in [-0.3, -0.25) is 4.79 Å². The zero-order valence-electron chi connectivity index (χ0n) is 12.6. The van der Waals surface area contributed by atoms with E-state index in [2.05, 4.69) is 5.32 Å². The summed E-state index contributed by atoms with van der Waals surface area (Å²) in [5.41, 5.74) is 1.60. The average molecular weight is 319 g/mol. The third-order valence-electron chi connectivity index (χ3n) is 3.21. The van der Waals surface area contributed by atoms with Crippen LogP contribution in [0.15, 0.2) is 47.4 Å². The molecule has 0 unspecified atom stereocenters. The van der Waals surface area contributed by atoms with Crippen molar-refractivity contribution in [2.24, 2.45) is 0 Å². The van der Waals surface area contributed by atoms with Crippen molar-refractivity contribution < 1.29 is 17.9 Å². The Hall–Kier alpha value is -2.34. The first-order valence-electron chi connectivity index (χ1n) is 6.57. The number of hydrogen-bond donors (Lipinski definition) is 1. The highest BCUT2D eigenvalue weighted by molar-refractivity contribution is 7.90. The summed E-state index contributed by atoms with van der Waals surface area (Å²) in [6, 6.07) is 11.5. The number of hydrogen-bond acceptors (Lipinski definition) is 4. The second-order valence-electron chi connectivity index (χ2n) is 4.93. The Kier molecular flexibility index (Phi) is 4.51. The first-order chi connectivity index (χ1) is 10.3. The van der Waals surface area contributed by atoms with Crippen LogP contribution in [-0.4, -0.2) is 27.7 Å². The number of nitrogens with one attached hydrogen (secondary N) is 1. The van der Waals surface area contributed by atoms with Crippen molar-refractivity contribution in [1.82, 2.24) is 0 Å². The fourth-order valence-corrected chi connectivity index (χ4v) is 2.62. The fraction of sp³-hybridized carbons (Fsp3) is 0.188. The van der Waals surface area contributed by atoms with Crippen LogP contribution in [0.4, 0.5) is 5.69 Å². The molecule has 1 amide bonds. The number of sulfone groups is 1. The number of amides is 1. The minimum atomic E-state index is -3.36. The molecule has 0 saturated heterocycles. The number of benzene rings is 2. The van der Waals surface area contributed by atoms with Crippen LogP contribution in [0.1, 0.15) is 15.9 Å². The van der Waals surface area contributed by atoms with Gasteiger partial charge in [0.1, 0.15) is 5.75 Å². The normalized spacial score (nSPS) is 11.0. The van der Waals surface area contributed by atoms with Gasteiger partial charge in [-0.15, -0.1) is 0 Å². The van der Waals surface area contributed by atoms with E-state index < -0.39 is 9.84 Å². The lowest BCUT2D eigenvalue weighted by molar-refractivity contribution is 0.102. The van der Waals surface area contributed by atoms with E-state index in [4.69, 9.17) is 4.74 Å². The second-order valence-corrected chi connectivity index (χ2v) is 6.95. The van der Waals surface area contributed by atoms with Crippen molar-refractivity contribution in [2.45, 2.75) is 11.8 Å². The lowest BCUT2D eigenvalue weighted by atomic mass is 10.1. The van der Waals surface area contributed by atoms with Gasteiger partial charge in [-0.1, -0.05) is 12.1 Å². The lowest BCUT2D eigenvalue weighted by Crippen LogP contribution is -2.14. The van der Waals surface area contributed by atoms with E-state index in [0.717, 1.165) is 6.26 Å². The molecule has 0 aliphatic heterocycles. The highest BCUT2D eigenvalue weighted by Crippen LogP contribution is 2.20. The van der Waals surface area contributed by atoms with Gasteiger partial charge in [-0.05, 0) is 36.8 Å². The standard InChI is InChI=1S/C16H17NO4S/c1-11-7-8-14(22(3,19)20)10-15(11)16(18)17-12-5-4-6-13(9-12)21-2/h4-10H,1-3H3,(H,17,18). The van der Waals surface area contributed by atoms with Crippen LogP contribution >= 0.6 is 0 Å². The van der Waals surface area contributed by atoms with Crippen molar-refractivity contribution in [2.75, 3.05) is 18.7 Å². The molecule has 0 aliphatic carbocycles. The minimum absolute atomic E-state index is 0.119. The average Bonchev–Trinajstić information content (AvgIpc) is 2.46. The molecule has 0 heterocycles. The molecular weight excluding hydrogens is 302 g/mol. The zero-order chi connectivity index (χ0) is 16.3. The van der Waals surface area contributed by atoms with Gasteiger partial charge < -0.3 is 10.1 Å². The Bertz CT molecular complexity index is 813. The molecule has 0 atom stereocenters. The highest BCUT2D eigenvalue weighted by atomic mass is 32.2. The van der Waals surface area contributed by atoms with Gasteiger partial charge in [-0.2, -0.15) is 0 Å². The summed E-state index contributed by atoms with van der Waals surface area (Å²) in [7, 11) is -1.82. The summed E-state index contributed by atoms with van der Waals surface area (Å²) in [5.74, 6) is 0.260. The van der Waals surface area contributed by atoms with Crippen LogP contribution in [0.5, 0.6) is 5.75 Å². The summed E-state index contributed by atoms with van der Waals surface area (Å²) in [6.45, 7) is 1.76. The summed E-state index contributed by atoms with van der Waals surface area (Å²) in [6.07, 6.45) is 1.11. The molecular formula is C16H17NO4S. The Balaban J connectivity index is 2.33. The molecule has 0 aromatic heterocycles. The number of aryl methyl sites for hydroxylation is 1. The van der Waals surface area contributed by atoms with Crippen molar-refractivity contribution in [3.63, 3.8) is 0 Å². The molecule has 116 valence electrons. The van der Waals surface area contributed by atoms with Crippen LogP contribution in [0.2, 0.25) is 0 Å². The maximum atomic E-state index is 12.4. The maximum absolute atomic E-state index is 12.4. The molecule has 1 N–H and O–H groups in total. The van der Waals surface area contributed by atoms with E-state index in [-0.39, 0.29) is 10.8 Å². The molecule has 0 bridgehead atoms. The molecule has 0 spiro atoms. The minimum Gasteiger partial charge on any atom is -0.497 e. The van der Waals surface area contributed by atoms with Crippen molar-refractivity contribution >= 4 is 21.4 Å². The Morgan fingerprint density at radius 1 is 1.14 bits per heavy atom. The third-order valence-corrected chi connectivity index (χ3v) is 4.32. The van der Waals surface area contributed by atoms with Crippen LogP contribution in [-0.2, 0) is 9.84 Å². The summed E-state index contributed by atoms with van der Waals surface area (Å²) in [4.78, 5) is 12.5. The fourth-order valence-electron chi connectivity index (χ4n) is 1.98. The molecule has 6 heteroatoms. The van der Waals surface area contributed by atoms with Crippen LogP contribution < -0.4 is 10.1 Å². The summed E-state index contributed by atoms with van der Waals surface area (Å²) in [5, 5.41) is 2.74. The molecule has 0 aliphatic rings. The molecule has 0 radical (unpaired) electrons. The maximum Gasteiger partial charge on any atom is 0.255 e. The predicted molar refractivity (Wildman–Crippen MR) is 85.2 cm³/mol. The first kappa shape index (κ1) is 16.0. The zero-order valence-corrected chi connectivity index (χ0v) is 13.4. The van der Waals surface area contributed by atoms with Gasteiger partial charge in [-0.25, -0.2) is 8.42 Å². The van der Waals surface area contributed by atoms with Gasteiger partial charge >= 0.3 is 0 Å². The predicted octanol–water partition coefficient (Wildman–Crippen LogP) is 2.66. The highest BCUT2D eigenvalue weighted by Gasteiger charge is 2.14. The molecule has 2 rings (SSSR count). The van der Waals surface area contributed by atoms with Gasteiger partial charge in [0.05, 0.1) is 12.0 Å². The smallest absolute Gasteiger partial charge is 0.255 e. The van der Waals surface area contributed by atoms with Crippen LogP contribution in [0, 0.1) is 6.92 Å². The third kappa shape index (κ3) is 3.65. The Morgan fingerprint density at radius 2 is 1.86 bits per heavy atom. The van der Waals surface area contributed by atoms with E-state index in [1.54, 1.807) is 44.4 Å². The number of ether oxygens (including phenoxy) is 1. The number of anilines is 1. The Morgan fingerprint density at radius 3 is 2.50 bits per heavy atom. The van der Waals surface area contributed by atoms with Crippen molar-refractivity contribution in [3.8, 4) is 5.75 Å². The molecule has 22 heavy (non-hydrogen) atoms. The second kappa shape index (κ2) is 6.19. The quantitative estimate of drug-likeness (QED) is 0.940. The van der Waals surface area contributed by atoms with Gasteiger partial charge in [0, 0.05) is 23.6 Å². The van der Waals surface area contributed by atoms with Gasteiger partial charge in [0.2, 0.25) is 0 Å². The van der Waals surface area contributed by atoms with E-state index in [9.17, 15) is 13.2 Å². The van der Waals surface area contributed by atoms with Crippen molar-refractivity contribution in [1.29, 1.82) is 0 Å². The lowest BCUT2D eigenvalue weighted by Gasteiger charge is -2.10.